The molecular weight excluding hydrogens is 454 g/mol. The molecule has 3 aliphatic rings. The van der Waals surface area contributed by atoms with Gasteiger partial charge in [-0.05, 0) is 47.7 Å². The Kier molecular flexibility index (Phi) is 5.43. The van der Waals surface area contributed by atoms with Crippen LogP contribution in [0.1, 0.15) is 51.5 Å². The first-order valence-corrected chi connectivity index (χ1v) is 12.4. The number of likely N-dealkylation sites (N-methyl/N-ethyl adjacent to an activating group) is 1. The number of methoxy groups -OCH3 is 1. The number of aromatic nitrogens is 1. The van der Waals surface area contributed by atoms with E-state index in [1.165, 1.54) is 0 Å². The van der Waals surface area contributed by atoms with Crippen molar-refractivity contribution < 1.29 is 14.3 Å². The van der Waals surface area contributed by atoms with Crippen LogP contribution in [0.3, 0.4) is 0 Å². The first kappa shape index (κ1) is 22.6. The van der Waals surface area contributed by atoms with Gasteiger partial charge < -0.3 is 19.1 Å². The smallest absolute Gasteiger partial charge is 0.254 e. The van der Waals surface area contributed by atoms with Gasteiger partial charge in [0.25, 0.3) is 11.5 Å². The highest BCUT2D eigenvalue weighted by atomic mass is 16.5. The lowest BCUT2D eigenvalue weighted by Crippen LogP contribution is -2.53. The van der Waals surface area contributed by atoms with Gasteiger partial charge in [0.1, 0.15) is 5.75 Å². The minimum atomic E-state index is -0.519. The van der Waals surface area contributed by atoms with E-state index in [9.17, 15) is 14.4 Å². The number of rotatable bonds is 3. The maximum absolute atomic E-state index is 14.4. The van der Waals surface area contributed by atoms with E-state index in [2.05, 4.69) is 0 Å². The van der Waals surface area contributed by atoms with Crippen LogP contribution in [-0.2, 0) is 11.3 Å². The summed E-state index contributed by atoms with van der Waals surface area (Å²) in [5, 5.41) is 0. The minimum absolute atomic E-state index is 0.0305. The number of carbonyl (C=O) groups excluding carboxylic acids is 2. The Balaban J connectivity index is 1.40. The first-order valence-electron chi connectivity index (χ1n) is 12.4. The molecule has 0 spiro atoms. The van der Waals surface area contributed by atoms with Crippen molar-refractivity contribution >= 4 is 11.8 Å². The summed E-state index contributed by atoms with van der Waals surface area (Å²) in [6.07, 6.45) is 0.981. The molecule has 0 radical (unpaired) electrons. The van der Waals surface area contributed by atoms with Crippen molar-refractivity contribution in [3.63, 3.8) is 0 Å². The monoisotopic (exact) mass is 483 g/mol. The number of nitrogens with zero attached hydrogens (tertiary/aromatic N) is 3. The Morgan fingerprint density at radius 3 is 2.47 bits per heavy atom. The van der Waals surface area contributed by atoms with Gasteiger partial charge in [0.05, 0.1) is 19.1 Å². The predicted molar refractivity (Wildman–Crippen MR) is 135 cm³/mol. The first-order chi connectivity index (χ1) is 17.5. The van der Waals surface area contributed by atoms with Gasteiger partial charge in [0.2, 0.25) is 5.91 Å². The van der Waals surface area contributed by atoms with Crippen LogP contribution >= 0.6 is 0 Å². The molecule has 0 aliphatic carbocycles. The molecule has 1 saturated heterocycles. The molecule has 4 heterocycles. The number of amides is 2. The van der Waals surface area contributed by atoms with Gasteiger partial charge in [0, 0.05) is 49.9 Å². The molecule has 7 nitrogen and oxygen atoms in total. The van der Waals surface area contributed by atoms with E-state index in [0.29, 0.717) is 25.2 Å². The topological polar surface area (TPSA) is 71.8 Å². The summed E-state index contributed by atoms with van der Waals surface area (Å²) in [5.74, 6) is 0.521. The van der Waals surface area contributed by atoms with Crippen LogP contribution in [0.25, 0.3) is 0 Å². The van der Waals surface area contributed by atoms with Crippen molar-refractivity contribution in [1.29, 1.82) is 0 Å². The summed E-state index contributed by atoms with van der Waals surface area (Å²) in [4.78, 5) is 43.8. The Morgan fingerprint density at radius 2 is 1.69 bits per heavy atom. The lowest BCUT2D eigenvalue weighted by molar-refractivity contribution is -0.137. The molecule has 184 valence electrons. The van der Waals surface area contributed by atoms with Crippen molar-refractivity contribution in [2.75, 3.05) is 27.2 Å². The Bertz CT molecular complexity index is 1400. The highest BCUT2D eigenvalue weighted by molar-refractivity contribution is 6.01. The SMILES string of the molecule is COc1ccc([C@H]2[C@@H](C(=O)N3C[C@H]4C[C@@H](C3)c3cccc(=O)n3C4)c3ccccc3C(=O)N2C)cc1. The molecule has 0 N–H and O–H groups in total. The Hall–Kier alpha value is -3.87. The number of pyridine rings is 1. The number of ether oxygens (including phenoxy) is 1. The quantitative estimate of drug-likeness (QED) is 0.573. The molecule has 2 aromatic carbocycles. The summed E-state index contributed by atoms with van der Waals surface area (Å²) >= 11 is 0. The molecule has 7 heteroatoms. The number of fused-ring (bicyclic) bond motifs is 5. The molecule has 3 aromatic rings. The minimum Gasteiger partial charge on any atom is -0.497 e. The van der Waals surface area contributed by atoms with Crippen LogP contribution in [0.2, 0.25) is 0 Å². The van der Waals surface area contributed by atoms with Crippen LogP contribution < -0.4 is 10.3 Å². The average Bonchev–Trinajstić information content (AvgIpc) is 2.91. The zero-order valence-electron chi connectivity index (χ0n) is 20.5. The van der Waals surface area contributed by atoms with Gasteiger partial charge in [-0.15, -0.1) is 0 Å². The van der Waals surface area contributed by atoms with Crippen molar-refractivity contribution in [2.45, 2.75) is 30.8 Å². The second-order valence-corrected chi connectivity index (χ2v) is 10.1. The molecular formula is C29H29N3O4. The Labute approximate surface area is 209 Å². The normalized spacial score (nSPS) is 24.7. The lowest BCUT2D eigenvalue weighted by atomic mass is 9.77. The van der Waals surface area contributed by atoms with Crippen molar-refractivity contribution in [3.05, 3.63) is 99.5 Å². The van der Waals surface area contributed by atoms with E-state index < -0.39 is 12.0 Å². The summed E-state index contributed by atoms with van der Waals surface area (Å²) in [6.45, 7) is 1.82. The molecule has 4 atom stereocenters. The van der Waals surface area contributed by atoms with E-state index in [-0.39, 0.29) is 29.2 Å². The van der Waals surface area contributed by atoms with E-state index in [1.807, 2.05) is 70.1 Å². The number of benzene rings is 2. The van der Waals surface area contributed by atoms with Gasteiger partial charge in [-0.1, -0.05) is 36.4 Å². The molecule has 2 bridgehead atoms. The zero-order valence-corrected chi connectivity index (χ0v) is 20.5. The third-order valence-corrected chi connectivity index (χ3v) is 8.09. The van der Waals surface area contributed by atoms with E-state index in [1.54, 1.807) is 25.1 Å². The molecule has 1 fully saturated rings. The molecule has 2 amide bonds. The highest BCUT2D eigenvalue weighted by Crippen LogP contribution is 2.45. The van der Waals surface area contributed by atoms with E-state index >= 15 is 0 Å². The van der Waals surface area contributed by atoms with Gasteiger partial charge in [-0.2, -0.15) is 0 Å². The van der Waals surface area contributed by atoms with E-state index in [0.717, 1.165) is 29.0 Å². The Morgan fingerprint density at radius 1 is 0.917 bits per heavy atom. The van der Waals surface area contributed by atoms with Gasteiger partial charge in [0.15, 0.2) is 0 Å². The van der Waals surface area contributed by atoms with Crippen LogP contribution in [0, 0.1) is 5.92 Å². The fraction of sp³-hybridized carbons (Fsp3) is 0.345. The second kappa shape index (κ2) is 8.66. The van der Waals surface area contributed by atoms with Crippen LogP contribution in [0.5, 0.6) is 5.75 Å². The highest BCUT2D eigenvalue weighted by Gasteiger charge is 2.46. The molecule has 1 aromatic heterocycles. The third-order valence-electron chi connectivity index (χ3n) is 8.09. The van der Waals surface area contributed by atoms with Crippen molar-refractivity contribution in [1.82, 2.24) is 14.4 Å². The molecule has 0 unspecified atom stereocenters. The van der Waals surface area contributed by atoms with Crippen molar-refractivity contribution in [2.24, 2.45) is 5.92 Å². The summed E-state index contributed by atoms with van der Waals surface area (Å²) < 4.78 is 7.21. The molecule has 3 aliphatic heterocycles. The second-order valence-electron chi connectivity index (χ2n) is 10.1. The number of hydrogen-bond donors (Lipinski definition) is 0. The van der Waals surface area contributed by atoms with Crippen molar-refractivity contribution in [3.8, 4) is 5.75 Å². The van der Waals surface area contributed by atoms with Crippen LogP contribution in [0.15, 0.2) is 71.5 Å². The standard InChI is InChI=1S/C29H29N3O4/c1-30-27(19-10-12-21(36-2)13-11-19)26(22-6-3-4-7-23(22)28(30)34)29(35)31-15-18-14-20(17-31)24-8-5-9-25(33)32(24)16-18/h3-13,18,20,26-27H,14-17H2,1-2H3/t18-,20+,26+,27+/m1/s1. The predicted octanol–water partition coefficient (Wildman–Crippen LogP) is 3.41. The number of piperidine rings is 1. The van der Waals surface area contributed by atoms with Gasteiger partial charge >= 0.3 is 0 Å². The fourth-order valence-electron chi connectivity index (χ4n) is 6.43. The summed E-state index contributed by atoms with van der Waals surface area (Å²) in [5.41, 5.74) is 3.30. The zero-order chi connectivity index (χ0) is 25.0. The number of carbonyl (C=O) groups is 2. The largest absolute Gasteiger partial charge is 0.497 e. The van der Waals surface area contributed by atoms with Crippen LogP contribution in [-0.4, -0.2) is 53.4 Å². The molecule has 0 saturated carbocycles. The average molecular weight is 484 g/mol. The summed E-state index contributed by atoms with van der Waals surface area (Å²) in [7, 11) is 3.40. The van der Waals surface area contributed by atoms with Gasteiger partial charge in [-0.3, -0.25) is 14.4 Å². The van der Waals surface area contributed by atoms with Crippen LogP contribution in [0.4, 0.5) is 0 Å². The number of likely N-dealkylation sites (tertiary alicyclic amines) is 1. The maximum Gasteiger partial charge on any atom is 0.254 e. The number of hydrogen-bond acceptors (Lipinski definition) is 4. The summed E-state index contributed by atoms with van der Waals surface area (Å²) in [6, 6.07) is 20.1. The molecule has 6 rings (SSSR count). The van der Waals surface area contributed by atoms with Gasteiger partial charge in [-0.25, -0.2) is 0 Å². The van der Waals surface area contributed by atoms with E-state index in [4.69, 9.17) is 4.74 Å². The molecule has 36 heavy (non-hydrogen) atoms. The maximum atomic E-state index is 14.4. The lowest BCUT2D eigenvalue weighted by Gasteiger charge is -2.46. The third kappa shape index (κ3) is 3.53. The fourth-order valence-corrected chi connectivity index (χ4v) is 6.43.